The van der Waals surface area contributed by atoms with E-state index in [4.69, 9.17) is 5.11 Å². The highest BCUT2D eigenvalue weighted by atomic mass is 79.9. The van der Waals surface area contributed by atoms with Crippen LogP contribution in [0.3, 0.4) is 0 Å². The Morgan fingerprint density at radius 3 is 2.84 bits per heavy atom. The lowest BCUT2D eigenvalue weighted by Crippen LogP contribution is -2.40. The molecule has 1 saturated heterocycles. The lowest BCUT2D eigenvalue weighted by atomic mass is 10.2. The number of aliphatic carboxylic acids is 1. The molecular formula is C13H12BrNO3S. The fraction of sp³-hybridized carbons (Fsp3) is 0.231. The first-order valence-electron chi connectivity index (χ1n) is 5.63. The summed E-state index contributed by atoms with van der Waals surface area (Å²) < 4.78 is 0.893. The zero-order valence-electron chi connectivity index (χ0n) is 9.95. The standard InChI is InChI=1S/C13H12BrNO3S/c14-10-4-2-1-3-9(10)5-6-12(16)15-8-19-7-11(15)13(17)18/h1-6,11H,7-8H2,(H,17,18)/b6-5+. The van der Waals surface area contributed by atoms with Gasteiger partial charge in [0.2, 0.25) is 5.91 Å². The van der Waals surface area contributed by atoms with Crippen LogP contribution in [0, 0.1) is 0 Å². The monoisotopic (exact) mass is 341 g/mol. The van der Waals surface area contributed by atoms with Crippen LogP contribution in [-0.4, -0.2) is 39.6 Å². The van der Waals surface area contributed by atoms with E-state index in [1.54, 1.807) is 6.08 Å². The SMILES string of the molecule is O=C(O)C1CSCN1C(=O)/C=C/c1ccccc1Br. The Kier molecular flexibility index (Phi) is 4.66. The number of carbonyl (C=O) groups is 2. The predicted molar refractivity (Wildman–Crippen MR) is 78.8 cm³/mol. The number of hydrogen-bond acceptors (Lipinski definition) is 3. The number of hydrogen-bond donors (Lipinski definition) is 1. The second-order valence-electron chi connectivity index (χ2n) is 4.02. The number of rotatable bonds is 3. The molecule has 6 heteroatoms. The van der Waals surface area contributed by atoms with Gasteiger partial charge in [0.25, 0.3) is 0 Å². The molecule has 1 N–H and O–H groups in total. The van der Waals surface area contributed by atoms with E-state index in [-0.39, 0.29) is 5.91 Å². The first-order chi connectivity index (χ1) is 9.09. The maximum absolute atomic E-state index is 12.0. The molecule has 1 fully saturated rings. The lowest BCUT2D eigenvalue weighted by molar-refractivity contribution is -0.146. The van der Waals surface area contributed by atoms with Crippen LogP contribution in [0.2, 0.25) is 0 Å². The smallest absolute Gasteiger partial charge is 0.327 e. The molecule has 0 bridgehead atoms. The molecule has 19 heavy (non-hydrogen) atoms. The highest BCUT2D eigenvalue weighted by molar-refractivity contribution is 9.10. The number of halogens is 1. The van der Waals surface area contributed by atoms with Crippen LogP contribution < -0.4 is 0 Å². The third-order valence-electron chi connectivity index (χ3n) is 2.76. The molecule has 1 aliphatic rings. The van der Waals surface area contributed by atoms with E-state index in [2.05, 4.69) is 15.9 Å². The Morgan fingerprint density at radius 1 is 1.42 bits per heavy atom. The Morgan fingerprint density at radius 2 is 2.16 bits per heavy atom. The molecule has 0 aliphatic carbocycles. The summed E-state index contributed by atoms with van der Waals surface area (Å²) in [5.74, 6) is -0.346. The molecule has 1 atom stereocenters. The minimum Gasteiger partial charge on any atom is -0.480 e. The van der Waals surface area contributed by atoms with Crippen molar-refractivity contribution in [3.63, 3.8) is 0 Å². The van der Waals surface area contributed by atoms with Crippen LogP contribution >= 0.6 is 27.7 Å². The molecule has 1 aromatic carbocycles. The molecule has 0 spiro atoms. The zero-order valence-corrected chi connectivity index (χ0v) is 12.4. The predicted octanol–water partition coefficient (Wildman–Crippen LogP) is 2.45. The number of benzene rings is 1. The molecule has 1 heterocycles. The normalized spacial score (nSPS) is 19.0. The van der Waals surface area contributed by atoms with Crippen molar-refractivity contribution in [3.05, 3.63) is 40.4 Å². The van der Waals surface area contributed by atoms with Gasteiger partial charge in [-0.2, -0.15) is 0 Å². The van der Waals surface area contributed by atoms with Crippen molar-refractivity contribution in [2.24, 2.45) is 0 Å². The molecule has 100 valence electrons. The number of nitrogens with zero attached hydrogens (tertiary/aromatic N) is 1. The fourth-order valence-electron chi connectivity index (χ4n) is 1.73. The molecule has 1 aromatic rings. The first kappa shape index (κ1) is 14.1. The number of carboxylic acid groups (broad SMARTS) is 1. The molecular weight excluding hydrogens is 330 g/mol. The largest absolute Gasteiger partial charge is 0.480 e. The number of carbonyl (C=O) groups excluding carboxylic acids is 1. The summed E-state index contributed by atoms with van der Waals surface area (Å²) in [4.78, 5) is 24.4. The number of carboxylic acids is 1. The second kappa shape index (κ2) is 6.25. The Balaban J connectivity index is 2.09. The average Bonchev–Trinajstić information content (AvgIpc) is 2.87. The van der Waals surface area contributed by atoms with Gasteiger partial charge in [0.1, 0.15) is 6.04 Å². The van der Waals surface area contributed by atoms with Crippen LogP contribution in [0.25, 0.3) is 6.08 Å². The number of thioether (sulfide) groups is 1. The zero-order chi connectivity index (χ0) is 13.8. The summed E-state index contributed by atoms with van der Waals surface area (Å²) in [6.45, 7) is 0. The third-order valence-corrected chi connectivity index (χ3v) is 4.50. The van der Waals surface area contributed by atoms with Gasteiger partial charge in [0.15, 0.2) is 0 Å². The van der Waals surface area contributed by atoms with Crippen LogP contribution in [-0.2, 0) is 9.59 Å². The summed E-state index contributed by atoms with van der Waals surface area (Å²) in [5.41, 5.74) is 0.884. The van der Waals surface area contributed by atoms with Crippen molar-refractivity contribution in [2.75, 3.05) is 11.6 Å². The second-order valence-corrected chi connectivity index (χ2v) is 5.87. The van der Waals surface area contributed by atoms with E-state index < -0.39 is 12.0 Å². The van der Waals surface area contributed by atoms with Crippen LogP contribution in [0.15, 0.2) is 34.8 Å². The Labute approximate surface area is 123 Å². The minimum absolute atomic E-state index is 0.270. The topological polar surface area (TPSA) is 57.6 Å². The van der Waals surface area contributed by atoms with Crippen molar-refractivity contribution in [1.82, 2.24) is 4.90 Å². The van der Waals surface area contributed by atoms with E-state index >= 15 is 0 Å². The van der Waals surface area contributed by atoms with E-state index in [1.165, 1.54) is 22.7 Å². The fourth-order valence-corrected chi connectivity index (χ4v) is 3.30. The molecule has 4 nitrogen and oxygen atoms in total. The quantitative estimate of drug-likeness (QED) is 0.858. The van der Waals surface area contributed by atoms with Gasteiger partial charge in [0, 0.05) is 16.3 Å². The van der Waals surface area contributed by atoms with E-state index in [0.29, 0.717) is 11.6 Å². The lowest BCUT2D eigenvalue weighted by Gasteiger charge is -2.18. The van der Waals surface area contributed by atoms with Crippen molar-refractivity contribution in [2.45, 2.75) is 6.04 Å². The third kappa shape index (κ3) is 3.39. The van der Waals surface area contributed by atoms with Gasteiger partial charge < -0.3 is 10.0 Å². The van der Waals surface area contributed by atoms with Gasteiger partial charge >= 0.3 is 5.97 Å². The van der Waals surface area contributed by atoms with Crippen LogP contribution in [0.4, 0.5) is 0 Å². The highest BCUT2D eigenvalue weighted by Crippen LogP contribution is 2.22. The molecule has 1 unspecified atom stereocenters. The number of amides is 1. The summed E-state index contributed by atoms with van der Waals surface area (Å²) >= 11 is 4.84. The van der Waals surface area contributed by atoms with E-state index in [9.17, 15) is 9.59 Å². The average molecular weight is 342 g/mol. The molecule has 0 aromatic heterocycles. The minimum atomic E-state index is -0.951. The maximum Gasteiger partial charge on any atom is 0.327 e. The van der Waals surface area contributed by atoms with Crippen molar-refractivity contribution >= 4 is 45.6 Å². The summed E-state index contributed by atoms with van der Waals surface area (Å²) in [6.07, 6.45) is 3.11. The van der Waals surface area contributed by atoms with Gasteiger partial charge in [-0.25, -0.2) is 4.79 Å². The highest BCUT2D eigenvalue weighted by Gasteiger charge is 2.33. The summed E-state index contributed by atoms with van der Waals surface area (Å²) in [6, 6.07) is 6.81. The van der Waals surface area contributed by atoms with Gasteiger partial charge in [-0.15, -0.1) is 11.8 Å². The molecule has 2 rings (SSSR count). The van der Waals surface area contributed by atoms with Gasteiger partial charge in [0.05, 0.1) is 5.88 Å². The summed E-state index contributed by atoms with van der Waals surface area (Å²) in [7, 11) is 0. The van der Waals surface area contributed by atoms with E-state index in [1.807, 2.05) is 24.3 Å². The molecule has 0 radical (unpaired) electrons. The van der Waals surface area contributed by atoms with E-state index in [0.717, 1.165) is 10.0 Å². The Bertz CT molecular complexity index is 532. The van der Waals surface area contributed by atoms with Crippen molar-refractivity contribution < 1.29 is 14.7 Å². The first-order valence-corrected chi connectivity index (χ1v) is 7.58. The Hall–Kier alpha value is -1.27. The van der Waals surface area contributed by atoms with Gasteiger partial charge in [-0.05, 0) is 17.7 Å². The molecule has 1 aliphatic heterocycles. The summed E-state index contributed by atoms with van der Waals surface area (Å²) in [5, 5.41) is 9.02. The molecule has 0 saturated carbocycles. The van der Waals surface area contributed by atoms with Crippen LogP contribution in [0.1, 0.15) is 5.56 Å². The maximum atomic E-state index is 12.0. The van der Waals surface area contributed by atoms with Gasteiger partial charge in [-0.3, -0.25) is 4.79 Å². The molecule has 1 amide bonds. The van der Waals surface area contributed by atoms with Crippen LogP contribution in [0.5, 0.6) is 0 Å². The van der Waals surface area contributed by atoms with Crippen molar-refractivity contribution in [3.8, 4) is 0 Å². The van der Waals surface area contributed by atoms with Crippen molar-refractivity contribution in [1.29, 1.82) is 0 Å². The van der Waals surface area contributed by atoms with Gasteiger partial charge in [-0.1, -0.05) is 34.1 Å².